The largest absolute Gasteiger partial charge is 0.483 e. The third-order valence-corrected chi connectivity index (χ3v) is 3.17. The number of carbonyl (C=O) groups is 1. The van der Waals surface area contributed by atoms with Crippen molar-refractivity contribution in [1.29, 1.82) is 0 Å². The predicted octanol–water partition coefficient (Wildman–Crippen LogP) is 3.36. The molecule has 0 atom stereocenters. The maximum absolute atomic E-state index is 11.8. The first-order valence-electron chi connectivity index (χ1n) is 6.09. The van der Waals surface area contributed by atoms with Crippen molar-refractivity contribution in [2.45, 2.75) is 6.92 Å². The van der Waals surface area contributed by atoms with Gasteiger partial charge in [0.1, 0.15) is 5.75 Å². The molecule has 0 aliphatic rings. The molecular formula is C15H15BrN2O2. The summed E-state index contributed by atoms with van der Waals surface area (Å²) in [6, 6.07) is 12.7. The van der Waals surface area contributed by atoms with E-state index in [-0.39, 0.29) is 12.5 Å². The smallest absolute Gasteiger partial charge is 0.262 e. The highest BCUT2D eigenvalue weighted by molar-refractivity contribution is 9.10. The summed E-state index contributed by atoms with van der Waals surface area (Å²) in [6.07, 6.45) is 0. The van der Waals surface area contributed by atoms with E-state index < -0.39 is 0 Å². The van der Waals surface area contributed by atoms with Crippen LogP contribution in [0.3, 0.4) is 0 Å². The number of anilines is 2. The van der Waals surface area contributed by atoms with E-state index in [9.17, 15) is 4.79 Å². The first-order chi connectivity index (χ1) is 9.54. The molecule has 0 aliphatic heterocycles. The van der Waals surface area contributed by atoms with E-state index in [1.807, 2.05) is 25.1 Å². The first kappa shape index (κ1) is 14.4. The van der Waals surface area contributed by atoms with Crippen molar-refractivity contribution >= 4 is 33.2 Å². The Hall–Kier alpha value is -2.01. The molecular weight excluding hydrogens is 320 g/mol. The van der Waals surface area contributed by atoms with Crippen LogP contribution in [0.2, 0.25) is 0 Å². The van der Waals surface area contributed by atoms with Gasteiger partial charge in [0.05, 0.1) is 0 Å². The van der Waals surface area contributed by atoms with Crippen LogP contribution in [0.25, 0.3) is 0 Å². The van der Waals surface area contributed by atoms with E-state index in [0.29, 0.717) is 17.1 Å². The van der Waals surface area contributed by atoms with Gasteiger partial charge in [-0.15, -0.1) is 0 Å². The maximum atomic E-state index is 11.8. The highest BCUT2D eigenvalue weighted by Crippen LogP contribution is 2.22. The van der Waals surface area contributed by atoms with Crippen molar-refractivity contribution in [3.63, 3.8) is 0 Å². The number of hydrogen-bond acceptors (Lipinski definition) is 3. The molecule has 5 heteroatoms. The lowest BCUT2D eigenvalue weighted by atomic mass is 10.2. The van der Waals surface area contributed by atoms with Gasteiger partial charge in [-0.2, -0.15) is 0 Å². The maximum Gasteiger partial charge on any atom is 0.262 e. The number of carbonyl (C=O) groups excluding carboxylic acids is 1. The molecule has 1 amide bonds. The van der Waals surface area contributed by atoms with Crippen LogP contribution >= 0.6 is 15.9 Å². The summed E-state index contributed by atoms with van der Waals surface area (Å²) in [4.78, 5) is 11.8. The van der Waals surface area contributed by atoms with E-state index in [1.165, 1.54) is 0 Å². The van der Waals surface area contributed by atoms with Gasteiger partial charge in [0.25, 0.3) is 5.91 Å². The zero-order valence-electron chi connectivity index (χ0n) is 11.0. The van der Waals surface area contributed by atoms with E-state index in [2.05, 4.69) is 21.2 Å². The van der Waals surface area contributed by atoms with Crippen LogP contribution in [-0.4, -0.2) is 12.5 Å². The molecule has 0 spiro atoms. The zero-order valence-corrected chi connectivity index (χ0v) is 12.6. The van der Waals surface area contributed by atoms with Gasteiger partial charge in [0, 0.05) is 15.8 Å². The van der Waals surface area contributed by atoms with Crippen molar-refractivity contribution in [2.24, 2.45) is 0 Å². The predicted molar refractivity (Wildman–Crippen MR) is 83.9 cm³/mol. The molecule has 104 valence electrons. The molecule has 0 unspecified atom stereocenters. The molecule has 0 saturated carbocycles. The molecule has 0 aromatic heterocycles. The zero-order chi connectivity index (χ0) is 14.5. The average molecular weight is 335 g/mol. The van der Waals surface area contributed by atoms with Crippen LogP contribution in [0.1, 0.15) is 5.56 Å². The van der Waals surface area contributed by atoms with E-state index in [0.717, 1.165) is 10.0 Å². The van der Waals surface area contributed by atoms with Crippen LogP contribution in [0, 0.1) is 6.92 Å². The Morgan fingerprint density at radius 3 is 2.85 bits per heavy atom. The minimum absolute atomic E-state index is 0.0495. The highest BCUT2D eigenvalue weighted by atomic mass is 79.9. The monoisotopic (exact) mass is 334 g/mol. The summed E-state index contributed by atoms with van der Waals surface area (Å²) < 4.78 is 6.42. The van der Waals surface area contributed by atoms with Crippen LogP contribution < -0.4 is 15.8 Å². The SMILES string of the molecule is Cc1ccc(Br)cc1OCC(=O)Nc1cccc(N)c1. The van der Waals surface area contributed by atoms with Crippen LogP contribution in [0.15, 0.2) is 46.9 Å². The summed E-state index contributed by atoms with van der Waals surface area (Å²) in [7, 11) is 0. The highest BCUT2D eigenvalue weighted by Gasteiger charge is 2.06. The van der Waals surface area contributed by atoms with Crippen molar-refractivity contribution in [1.82, 2.24) is 0 Å². The van der Waals surface area contributed by atoms with Crippen molar-refractivity contribution in [2.75, 3.05) is 17.7 Å². The van der Waals surface area contributed by atoms with Gasteiger partial charge in [0.15, 0.2) is 6.61 Å². The number of rotatable bonds is 4. The Morgan fingerprint density at radius 2 is 2.10 bits per heavy atom. The Morgan fingerprint density at radius 1 is 1.30 bits per heavy atom. The molecule has 0 fully saturated rings. The van der Waals surface area contributed by atoms with Gasteiger partial charge < -0.3 is 15.8 Å². The quantitative estimate of drug-likeness (QED) is 0.842. The molecule has 0 bridgehead atoms. The Kier molecular flexibility index (Phi) is 4.63. The number of halogens is 1. The summed E-state index contributed by atoms with van der Waals surface area (Å²) in [5.74, 6) is 0.456. The second kappa shape index (κ2) is 6.43. The average Bonchev–Trinajstić information content (AvgIpc) is 2.40. The third kappa shape index (κ3) is 3.99. The summed E-state index contributed by atoms with van der Waals surface area (Å²) in [5, 5.41) is 2.73. The van der Waals surface area contributed by atoms with Crippen molar-refractivity contribution < 1.29 is 9.53 Å². The number of benzene rings is 2. The Bertz CT molecular complexity index is 629. The Labute approximate surface area is 126 Å². The van der Waals surface area contributed by atoms with Crippen molar-refractivity contribution in [3.8, 4) is 5.75 Å². The number of hydrogen-bond donors (Lipinski definition) is 2. The molecule has 0 saturated heterocycles. The van der Waals surface area contributed by atoms with Gasteiger partial charge in [0.2, 0.25) is 0 Å². The van der Waals surface area contributed by atoms with Crippen LogP contribution in [0.4, 0.5) is 11.4 Å². The summed E-state index contributed by atoms with van der Waals surface area (Å²) in [6.45, 7) is 1.88. The standard InChI is InChI=1S/C15H15BrN2O2/c1-10-5-6-11(16)7-14(10)20-9-15(19)18-13-4-2-3-12(17)8-13/h2-8H,9,17H2,1H3,(H,18,19). The molecule has 3 N–H and O–H groups in total. The van der Waals surface area contributed by atoms with Gasteiger partial charge >= 0.3 is 0 Å². The first-order valence-corrected chi connectivity index (χ1v) is 6.88. The number of aryl methyl sites for hydroxylation is 1. The lowest BCUT2D eigenvalue weighted by molar-refractivity contribution is -0.118. The van der Waals surface area contributed by atoms with Gasteiger partial charge in [-0.3, -0.25) is 4.79 Å². The lowest BCUT2D eigenvalue weighted by Crippen LogP contribution is -2.20. The number of nitrogens with one attached hydrogen (secondary N) is 1. The van der Waals surface area contributed by atoms with Crippen molar-refractivity contribution in [3.05, 3.63) is 52.5 Å². The summed E-state index contributed by atoms with van der Waals surface area (Å²) in [5.41, 5.74) is 7.89. The number of amides is 1. The second-order valence-corrected chi connectivity index (χ2v) is 5.29. The fourth-order valence-corrected chi connectivity index (χ4v) is 2.03. The molecule has 0 heterocycles. The van der Waals surface area contributed by atoms with Gasteiger partial charge in [-0.25, -0.2) is 0 Å². The minimum Gasteiger partial charge on any atom is -0.483 e. The molecule has 0 radical (unpaired) electrons. The topological polar surface area (TPSA) is 64.3 Å². The van der Waals surface area contributed by atoms with Gasteiger partial charge in [-0.05, 0) is 42.8 Å². The molecule has 4 nitrogen and oxygen atoms in total. The second-order valence-electron chi connectivity index (χ2n) is 4.37. The normalized spacial score (nSPS) is 10.1. The lowest BCUT2D eigenvalue weighted by Gasteiger charge is -2.10. The molecule has 2 aromatic carbocycles. The fraction of sp³-hybridized carbons (Fsp3) is 0.133. The fourth-order valence-electron chi connectivity index (χ4n) is 1.69. The van der Waals surface area contributed by atoms with Gasteiger partial charge in [-0.1, -0.05) is 28.1 Å². The summed E-state index contributed by atoms with van der Waals surface area (Å²) >= 11 is 3.37. The number of ether oxygens (including phenoxy) is 1. The minimum atomic E-state index is -0.227. The molecule has 0 aliphatic carbocycles. The molecule has 20 heavy (non-hydrogen) atoms. The van der Waals surface area contributed by atoms with Crippen LogP contribution in [0.5, 0.6) is 5.75 Å². The molecule has 2 rings (SSSR count). The van der Waals surface area contributed by atoms with E-state index in [1.54, 1.807) is 24.3 Å². The van der Waals surface area contributed by atoms with Crippen LogP contribution in [-0.2, 0) is 4.79 Å². The third-order valence-electron chi connectivity index (χ3n) is 2.68. The Balaban J connectivity index is 1.94. The van der Waals surface area contributed by atoms with E-state index in [4.69, 9.17) is 10.5 Å². The molecule has 2 aromatic rings. The number of nitrogen functional groups attached to an aromatic ring is 1. The van der Waals surface area contributed by atoms with E-state index >= 15 is 0 Å². The number of nitrogens with two attached hydrogens (primary N) is 1.